The van der Waals surface area contributed by atoms with E-state index in [-0.39, 0.29) is 11.4 Å². The van der Waals surface area contributed by atoms with Crippen LogP contribution < -0.4 is 5.32 Å². The molecule has 0 fully saturated rings. The van der Waals surface area contributed by atoms with Crippen molar-refractivity contribution in [3.05, 3.63) is 46.6 Å². The quantitative estimate of drug-likeness (QED) is 0.742. The van der Waals surface area contributed by atoms with E-state index in [9.17, 15) is 18.0 Å². The van der Waals surface area contributed by atoms with Crippen molar-refractivity contribution in [1.82, 2.24) is 9.97 Å². The number of hydrogen-bond donors (Lipinski definition) is 2. The number of benzene rings is 1. The minimum absolute atomic E-state index is 0.172. The van der Waals surface area contributed by atoms with Crippen LogP contribution in [0.5, 0.6) is 0 Å². The van der Waals surface area contributed by atoms with Crippen molar-refractivity contribution in [1.29, 1.82) is 0 Å². The van der Waals surface area contributed by atoms with Crippen LogP contribution in [0.1, 0.15) is 21.1 Å². The molecule has 0 spiro atoms. The van der Waals surface area contributed by atoms with Crippen molar-refractivity contribution in [3.8, 4) is 0 Å². The van der Waals surface area contributed by atoms with Crippen LogP contribution in [0.3, 0.4) is 0 Å². The van der Waals surface area contributed by atoms with Gasteiger partial charge in [0.15, 0.2) is 0 Å². The van der Waals surface area contributed by atoms with E-state index >= 15 is 0 Å². The van der Waals surface area contributed by atoms with E-state index in [0.717, 1.165) is 15.8 Å². The molecule has 2 heterocycles. The van der Waals surface area contributed by atoms with Gasteiger partial charge in [-0.15, -0.1) is 11.3 Å². The first-order chi connectivity index (χ1) is 10.3. The van der Waals surface area contributed by atoms with E-state index in [1.165, 1.54) is 29.5 Å². The maximum absolute atomic E-state index is 12.9. The van der Waals surface area contributed by atoms with E-state index in [1.807, 2.05) is 6.92 Å². The molecule has 8 heteroatoms. The SMILES string of the molecule is Cc1nc2[nH]c(C(=O)Nc3ccccc3C(F)(F)F)cc2s1. The summed E-state index contributed by atoms with van der Waals surface area (Å²) in [4.78, 5) is 19.1. The minimum Gasteiger partial charge on any atom is -0.334 e. The topological polar surface area (TPSA) is 57.8 Å². The standard InChI is InChI=1S/C14H10F3N3OS/c1-7-18-12-11(22-7)6-10(19-12)13(21)20-9-5-3-2-4-8(9)14(15,16)17/h2-6,19H,1H3,(H,20,21). The number of amides is 1. The Balaban J connectivity index is 1.89. The molecule has 0 saturated carbocycles. The first-order valence-corrected chi connectivity index (χ1v) is 7.10. The van der Waals surface area contributed by atoms with Crippen LogP contribution >= 0.6 is 11.3 Å². The summed E-state index contributed by atoms with van der Waals surface area (Å²) in [5.41, 5.74) is -0.435. The highest BCUT2D eigenvalue weighted by Crippen LogP contribution is 2.34. The largest absolute Gasteiger partial charge is 0.418 e. The van der Waals surface area contributed by atoms with Gasteiger partial charge in [0.05, 0.1) is 21.0 Å². The molecule has 22 heavy (non-hydrogen) atoms. The molecule has 1 amide bonds. The summed E-state index contributed by atoms with van der Waals surface area (Å²) < 4.78 is 39.5. The molecule has 0 unspecified atom stereocenters. The number of thiazole rings is 1. The number of carbonyl (C=O) groups is 1. The smallest absolute Gasteiger partial charge is 0.334 e. The molecule has 0 aliphatic rings. The van der Waals surface area contributed by atoms with Gasteiger partial charge in [0.1, 0.15) is 11.3 Å². The zero-order valence-corrected chi connectivity index (χ0v) is 12.1. The number of halogens is 3. The summed E-state index contributed by atoms with van der Waals surface area (Å²) >= 11 is 1.40. The van der Waals surface area contributed by atoms with Crippen LogP contribution in [0.2, 0.25) is 0 Å². The predicted octanol–water partition coefficient (Wildman–Crippen LogP) is 4.20. The van der Waals surface area contributed by atoms with Gasteiger partial charge >= 0.3 is 6.18 Å². The van der Waals surface area contributed by atoms with Gasteiger partial charge in [0.2, 0.25) is 0 Å². The average Bonchev–Trinajstić information content (AvgIpc) is 2.95. The molecule has 114 valence electrons. The zero-order chi connectivity index (χ0) is 15.9. The van der Waals surface area contributed by atoms with Crippen molar-refractivity contribution in [3.63, 3.8) is 0 Å². The van der Waals surface area contributed by atoms with Crippen molar-refractivity contribution < 1.29 is 18.0 Å². The van der Waals surface area contributed by atoms with Gasteiger partial charge in [-0.25, -0.2) is 4.98 Å². The molecule has 4 nitrogen and oxygen atoms in total. The van der Waals surface area contributed by atoms with E-state index < -0.39 is 17.6 Å². The summed E-state index contributed by atoms with van der Waals surface area (Å²) in [5.74, 6) is -0.639. The second-order valence-corrected chi connectivity index (χ2v) is 5.86. The molecule has 0 saturated heterocycles. The lowest BCUT2D eigenvalue weighted by Crippen LogP contribution is -2.16. The summed E-state index contributed by atoms with van der Waals surface area (Å²) in [6, 6.07) is 6.42. The van der Waals surface area contributed by atoms with Crippen molar-refractivity contribution >= 4 is 33.3 Å². The van der Waals surface area contributed by atoms with Crippen LogP contribution in [0.15, 0.2) is 30.3 Å². The first kappa shape index (κ1) is 14.6. The third-order valence-corrected chi connectivity index (χ3v) is 3.93. The van der Waals surface area contributed by atoms with E-state index in [1.54, 1.807) is 6.07 Å². The molecular weight excluding hydrogens is 315 g/mol. The Kier molecular flexibility index (Phi) is 3.40. The monoisotopic (exact) mass is 325 g/mol. The number of para-hydroxylation sites is 1. The number of H-pyrrole nitrogens is 1. The molecule has 1 aromatic carbocycles. The van der Waals surface area contributed by atoms with Crippen LogP contribution in [0.4, 0.5) is 18.9 Å². The number of alkyl halides is 3. The molecule has 2 N–H and O–H groups in total. The second-order valence-electron chi connectivity index (χ2n) is 4.63. The maximum Gasteiger partial charge on any atom is 0.418 e. The van der Waals surface area contributed by atoms with Crippen molar-refractivity contribution in [2.45, 2.75) is 13.1 Å². The summed E-state index contributed by atoms with van der Waals surface area (Å²) in [6.07, 6.45) is -4.53. The Bertz CT molecular complexity index is 819. The van der Waals surface area contributed by atoms with Gasteiger partial charge in [-0.3, -0.25) is 4.79 Å². The van der Waals surface area contributed by atoms with Gasteiger partial charge in [0, 0.05) is 0 Å². The number of carbonyl (C=O) groups excluding carboxylic acids is 1. The first-order valence-electron chi connectivity index (χ1n) is 6.28. The number of anilines is 1. The molecule has 0 bridgehead atoms. The number of aromatic nitrogens is 2. The fourth-order valence-electron chi connectivity index (χ4n) is 2.08. The lowest BCUT2D eigenvalue weighted by atomic mass is 10.1. The lowest BCUT2D eigenvalue weighted by Gasteiger charge is -2.12. The highest BCUT2D eigenvalue weighted by molar-refractivity contribution is 7.18. The number of hydrogen-bond acceptors (Lipinski definition) is 3. The normalized spacial score (nSPS) is 11.8. The Morgan fingerprint density at radius 1 is 1.32 bits per heavy atom. The van der Waals surface area contributed by atoms with Gasteiger partial charge < -0.3 is 10.3 Å². The highest BCUT2D eigenvalue weighted by atomic mass is 32.1. The second kappa shape index (κ2) is 5.13. The average molecular weight is 325 g/mol. The van der Waals surface area contributed by atoms with Gasteiger partial charge in [0.25, 0.3) is 5.91 Å². The van der Waals surface area contributed by atoms with Crippen molar-refractivity contribution in [2.24, 2.45) is 0 Å². The van der Waals surface area contributed by atoms with Crippen LogP contribution in [0, 0.1) is 6.92 Å². The van der Waals surface area contributed by atoms with E-state index in [2.05, 4.69) is 15.3 Å². The number of nitrogens with zero attached hydrogens (tertiary/aromatic N) is 1. The zero-order valence-electron chi connectivity index (χ0n) is 11.3. The van der Waals surface area contributed by atoms with Gasteiger partial charge in [-0.05, 0) is 25.1 Å². The number of rotatable bonds is 2. The Morgan fingerprint density at radius 3 is 2.73 bits per heavy atom. The maximum atomic E-state index is 12.9. The third kappa shape index (κ3) is 2.69. The molecule has 0 radical (unpaired) electrons. The fourth-order valence-corrected chi connectivity index (χ4v) is 2.90. The molecule has 2 aromatic heterocycles. The molecular formula is C14H10F3N3OS. The summed E-state index contributed by atoms with van der Waals surface area (Å²) in [7, 11) is 0. The van der Waals surface area contributed by atoms with Crippen molar-refractivity contribution in [2.75, 3.05) is 5.32 Å². The number of aromatic amines is 1. The fraction of sp³-hybridized carbons (Fsp3) is 0.143. The minimum atomic E-state index is -4.53. The van der Waals surface area contributed by atoms with E-state index in [0.29, 0.717) is 5.65 Å². The third-order valence-electron chi connectivity index (χ3n) is 3.01. The summed E-state index contributed by atoms with van der Waals surface area (Å²) in [5, 5.41) is 3.13. The molecule has 0 aliphatic heterocycles. The number of nitrogens with one attached hydrogen (secondary N) is 2. The number of fused-ring (bicyclic) bond motifs is 1. The van der Waals surface area contributed by atoms with Crippen LogP contribution in [-0.4, -0.2) is 15.9 Å². The van der Waals surface area contributed by atoms with Crippen LogP contribution in [-0.2, 0) is 6.18 Å². The Morgan fingerprint density at radius 2 is 2.05 bits per heavy atom. The van der Waals surface area contributed by atoms with Gasteiger partial charge in [-0.2, -0.15) is 13.2 Å². The lowest BCUT2D eigenvalue weighted by molar-refractivity contribution is -0.136. The molecule has 0 aliphatic carbocycles. The molecule has 0 atom stereocenters. The predicted molar refractivity (Wildman–Crippen MR) is 78.1 cm³/mol. The van der Waals surface area contributed by atoms with Gasteiger partial charge in [-0.1, -0.05) is 12.1 Å². The molecule has 3 aromatic rings. The Labute approximate surface area is 127 Å². The Hall–Kier alpha value is -2.35. The van der Waals surface area contributed by atoms with Crippen LogP contribution in [0.25, 0.3) is 10.3 Å². The molecule has 3 rings (SSSR count). The highest BCUT2D eigenvalue weighted by Gasteiger charge is 2.33. The number of aryl methyl sites for hydroxylation is 1. The summed E-state index contributed by atoms with van der Waals surface area (Å²) in [6.45, 7) is 1.83. The van der Waals surface area contributed by atoms with E-state index in [4.69, 9.17) is 0 Å².